The summed E-state index contributed by atoms with van der Waals surface area (Å²) in [6, 6.07) is 0. The van der Waals surface area contributed by atoms with Gasteiger partial charge in [0.1, 0.15) is 0 Å². The highest BCUT2D eigenvalue weighted by atomic mass is 16.2. The van der Waals surface area contributed by atoms with Crippen molar-refractivity contribution < 1.29 is 4.79 Å². The number of rotatable bonds is 10. The lowest BCUT2D eigenvalue weighted by Gasteiger charge is -2.28. The van der Waals surface area contributed by atoms with Crippen LogP contribution in [0.15, 0.2) is 0 Å². The molecular formula is C16H33NO. The van der Waals surface area contributed by atoms with E-state index in [1.807, 2.05) is 4.90 Å². The van der Waals surface area contributed by atoms with Gasteiger partial charge in [-0.1, -0.05) is 52.9 Å². The molecule has 2 heteroatoms. The van der Waals surface area contributed by atoms with E-state index in [1.165, 1.54) is 38.5 Å². The molecule has 0 fully saturated rings. The van der Waals surface area contributed by atoms with E-state index in [-0.39, 0.29) is 5.91 Å². The average Bonchev–Trinajstić information content (AvgIpc) is 2.29. The minimum atomic E-state index is 0.205. The molecule has 0 atom stereocenters. The first-order valence-electron chi connectivity index (χ1n) is 7.68. The summed E-state index contributed by atoms with van der Waals surface area (Å²) in [4.78, 5) is 13.3. The van der Waals surface area contributed by atoms with Crippen LogP contribution < -0.4 is 0 Å². The second kappa shape index (κ2) is 9.41. The van der Waals surface area contributed by atoms with E-state index in [1.54, 1.807) is 6.92 Å². The standard InChI is InChI=1S/C16H33NO/c1-6-8-9-10-11-12-16(4,5)13-14-17(7-2)15(3)18/h6-14H2,1-5H3. The fourth-order valence-electron chi connectivity index (χ4n) is 2.31. The molecule has 0 spiro atoms. The normalized spacial score (nSPS) is 11.6. The summed E-state index contributed by atoms with van der Waals surface area (Å²) in [6.45, 7) is 12.4. The minimum Gasteiger partial charge on any atom is -0.343 e. The van der Waals surface area contributed by atoms with Crippen LogP contribution >= 0.6 is 0 Å². The molecule has 0 unspecified atom stereocenters. The molecule has 0 bridgehead atoms. The van der Waals surface area contributed by atoms with Gasteiger partial charge >= 0.3 is 0 Å². The fraction of sp³-hybridized carbons (Fsp3) is 0.938. The lowest BCUT2D eigenvalue weighted by molar-refractivity contribution is -0.128. The lowest BCUT2D eigenvalue weighted by atomic mass is 9.83. The summed E-state index contributed by atoms with van der Waals surface area (Å²) in [7, 11) is 0. The number of carbonyl (C=O) groups excluding carboxylic acids is 1. The summed E-state index contributed by atoms with van der Waals surface area (Å²) in [5.74, 6) is 0.205. The van der Waals surface area contributed by atoms with Crippen molar-refractivity contribution in [3.05, 3.63) is 0 Å². The second-order valence-corrected chi connectivity index (χ2v) is 6.18. The largest absolute Gasteiger partial charge is 0.343 e. The molecule has 1 amide bonds. The Balaban J connectivity index is 3.81. The molecule has 18 heavy (non-hydrogen) atoms. The van der Waals surface area contributed by atoms with Crippen molar-refractivity contribution in [1.29, 1.82) is 0 Å². The van der Waals surface area contributed by atoms with Gasteiger partial charge in [-0.15, -0.1) is 0 Å². The van der Waals surface area contributed by atoms with E-state index in [2.05, 4.69) is 27.7 Å². The van der Waals surface area contributed by atoms with Gasteiger partial charge in [0.2, 0.25) is 5.91 Å². The molecule has 0 radical (unpaired) electrons. The summed E-state index contributed by atoms with van der Waals surface area (Å²) >= 11 is 0. The van der Waals surface area contributed by atoms with Gasteiger partial charge in [-0.25, -0.2) is 0 Å². The van der Waals surface area contributed by atoms with Crippen LogP contribution in [0.1, 0.15) is 79.6 Å². The third-order valence-corrected chi connectivity index (χ3v) is 3.84. The zero-order valence-corrected chi connectivity index (χ0v) is 13.2. The highest BCUT2D eigenvalue weighted by Crippen LogP contribution is 2.28. The van der Waals surface area contributed by atoms with E-state index in [0.29, 0.717) is 5.41 Å². The molecule has 0 saturated heterocycles. The van der Waals surface area contributed by atoms with Gasteiger partial charge in [0.25, 0.3) is 0 Å². The van der Waals surface area contributed by atoms with Crippen molar-refractivity contribution in [3.8, 4) is 0 Å². The molecule has 0 rings (SSSR count). The van der Waals surface area contributed by atoms with Gasteiger partial charge < -0.3 is 4.90 Å². The molecule has 0 aromatic heterocycles. The van der Waals surface area contributed by atoms with Crippen molar-refractivity contribution in [2.24, 2.45) is 5.41 Å². The molecule has 108 valence electrons. The number of amides is 1. The van der Waals surface area contributed by atoms with E-state index in [9.17, 15) is 4.79 Å². The molecule has 0 aromatic carbocycles. The van der Waals surface area contributed by atoms with Crippen LogP contribution in [-0.4, -0.2) is 23.9 Å². The topological polar surface area (TPSA) is 20.3 Å². The van der Waals surface area contributed by atoms with Crippen LogP contribution in [0.25, 0.3) is 0 Å². The Hall–Kier alpha value is -0.530. The van der Waals surface area contributed by atoms with Crippen LogP contribution in [0.5, 0.6) is 0 Å². The van der Waals surface area contributed by atoms with Crippen molar-refractivity contribution in [2.45, 2.75) is 79.6 Å². The third-order valence-electron chi connectivity index (χ3n) is 3.84. The second-order valence-electron chi connectivity index (χ2n) is 6.18. The van der Waals surface area contributed by atoms with Crippen LogP contribution in [0.4, 0.5) is 0 Å². The molecule has 0 saturated carbocycles. The van der Waals surface area contributed by atoms with Gasteiger partial charge in [-0.05, 0) is 25.2 Å². The summed E-state index contributed by atoms with van der Waals surface area (Å²) in [5, 5.41) is 0. The van der Waals surface area contributed by atoms with Crippen molar-refractivity contribution in [1.82, 2.24) is 4.90 Å². The Morgan fingerprint density at radius 2 is 1.61 bits per heavy atom. The van der Waals surface area contributed by atoms with Gasteiger partial charge in [-0.2, -0.15) is 0 Å². The molecular weight excluding hydrogens is 222 g/mol. The number of nitrogens with zero attached hydrogens (tertiary/aromatic N) is 1. The van der Waals surface area contributed by atoms with E-state index < -0.39 is 0 Å². The third kappa shape index (κ3) is 8.54. The molecule has 0 aliphatic carbocycles. The average molecular weight is 255 g/mol. The summed E-state index contributed by atoms with van der Waals surface area (Å²) in [6.07, 6.45) is 9.16. The van der Waals surface area contributed by atoms with Crippen molar-refractivity contribution in [2.75, 3.05) is 13.1 Å². The monoisotopic (exact) mass is 255 g/mol. The highest BCUT2D eigenvalue weighted by Gasteiger charge is 2.19. The van der Waals surface area contributed by atoms with Crippen LogP contribution in [0.2, 0.25) is 0 Å². The van der Waals surface area contributed by atoms with E-state index in [4.69, 9.17) is 0 Å². The van der Waals surface area contributed by atoms with Gasteiger partial charge in [0.05, 0.1) is 0 Å². The predicted octanol–water partition coefficient (Wildman–Crippen LogP) is 4.63. The van der Waals surface area contributed by atoms with Gasteiger partial charge in [0, 0.05) is 20.0 Å². The summed E-state index contributed by atoms with van der Waals surface area (Å²) < 4.78 is 0. The molecule has 2 nitrogen and oxygen atoms in total. The zero-order chi connectivity index (χ0) is 14.0. The van der Waals surface area contributed by atoms with Crippen LogP contribution in [0, 0.1) is 5.41 Å². The van der Waals surface area contributed by atoms with Gasteiger partial charge in [-0.3, -0.25) is 4.79 Å². The SMILES string of the molecule is CCCCCCCC(C)(C)CCN(CC)C(C)=O. The first-order valence-corrected chi connectivity index (χ1v) is 7.68. The Labute approximate surface area is 114 Å². The Bertz CT molecular complexity index is 223. The Morgan fingerprint density at radius 3 is 2.11 bits per heavy atom. The maximum absolute atomic E-state index is 11.4. The van der Waals surface area contributed by atoms with E-state index in [0.717, 1.165) is 19.5 Å². The first kappa shape index (κ1) is 17.5. The maximum atomic E-state index is 11.4. The molecule has 0 heterocycles. The lowest BCUT2D eigenvalue weighted by Crippen LogP contribution is -2.32. The highest BCUT2D eigenvalue weighted by molar-refractivity contribution is 5.73. The van der Waals surface area contributed by atoms with Crippen molar-refractivity contribution >= 4 is 5.91 Å². The van der Waals surface area contributed by atoms with Crippen molar-refractivity contribution in [3.63, 3.8) is 0 Å². The molecule has 0 aliphatic rings. The number of hydrogen-bond donors (Lipinski definition) is 0. The van der Waals surface area contributed by atoms with Crippen LogP contribution in [0.3, 0.4) is 0 Å². The number of hydrogen-bond acceptors (Lipinski definition) is 1. The zero-order valence-electron chi connectivity index (χ0n) is 13.2. The fourth-order valence-corrected chi connectivity index (χ4v) is 2.31. The summed E-state index contributed by atoms with van der Waals surface area (Å²) in [5.41, 5.74) is 0.370. The van der Waals surface area contributed by atoms with E-state index >= 15 is 0 Å². The quantitative estimate of drug-likeness (QED) is 0.521. The molecule has 0 N–H and O–H groups in total. The Kier molecular flexibility index (Phi) is 9.13. The minimum absolute atomic E-state index is 0.205. The maximum Gasteiger partial charge on any atom is 0.219 e. The van der Waals surface area contributed by atoms with Gasteiger partial charge in [0.15, 0.2) is 0 Å². The number of carbonyl (C=O) groups is 1. The van der Waals surface area contributed by atoms with Crippen LogP contribution in [-0.2, 0) is 4.79 Å². The predicted molar refractivity (Wildman–Crippen MR) is 79.7 cm³/mol. The molecule has 0 aromatic rings. The number of unbranched alkanes of at least 4 members (excludes halogenated alkanes) is 4. The first-order chi connectivity index (χ1) is 8.43. The smallest absolute Gasteiger partial charge is 0.219 e. The molecule has 0 aliphatic heterocycles. The Morgan fingerprint density at radius 1 is 1.00 bits per heavy atom.